The Labute approximate surface area is 410 Å². The molecule has 68 heavy (non-hydrogen) atoms. The average Bonchev–Trinajstić information content (AvgIpc) is 3.42. The standard InChI is InChI=1S/C21H28.C18H14O2.C13H12O2.6CH5N/c1-5-16-9-17(6-2)12-20(11-16)15-21-13-18(7-3)10-19(8-4)14-21;1-3-8-15(9-4-1)19-17-12-7-13-18(14-17)20-16-10-5-2-6-11-16;14-12-5-1-10(2-6-12)9-11-3-7-13(15)8-4-11;6*1-2/h9-14H,5-8,15H2,1-4H3;1-14H;1-8,14-15H,9H2;6*2H2,1H3. The van der Waals surface area contributed by atoms with Gasteiger partial charge in [-0.05, 0) is 186 Å². The Hall–Kier alpha value is -6.50. The van der Waals surface area contributed by atoms with Gasteiger partial charge in [-0.3, -0.25) is 0 Å². The Kier molecular flexibility index (Phi) is 39.2. The zero-order valence-corrected chi connectivity index (χ0v) is 42.6. The number of phenols is 2. The lowest BCUT2D eigenvalue weighted by Gasteiger charge is -2.11. The van der Waals surface area contributed by atoms with Crippen LogP contribution < -0.4 is 43.9 Å². The molecular formula is C58H84N6O4. The summed E-state index contributed by atoms with van der Waals surface area (Å²) < 4.78 is 11.6. The quantitative estimate of drug-likeness (QED) is 0.0580. The summed E-state index contributed by atoms with van der Waals surface area (Å²) in [5, 5.41) is 18.3. The van der Waals surface area contributed by atoms with Crippen LogP contribution in [0.2, 0.25) is 0 Å². The van der Waals surface area contributed by atoms with Crippen molar-refractivity contribution < 1.29 is 19.7 Å². The zero-order chi connectivity index (χ0) is 51.5. The summed E-state index contributed by atoms with van der Waals surface area (Å²) >= 11 is 0. The number of ether oxygens (including phenoxy) is 2. The van der Waals surface area contributed by atoms with Crippen LogP contribution in [0.4, 0.5) is 0 Å². The second-order valence-electron chi connectivity index (χ2n) is 13.7. The predicted octanol–water partition coefficient (Wildman–Crippen LogP) is 10.9. The molecule has 0 bridgehead atoms. The molecule has 0 unspecified atom stereocenters. The molecule has 7 aromatic rings. The number of phenolic OH excluding ortho intramolecular Hbond substituents is 2. The second kappa shape index (κ2) is 41.9. The Morgan fingerprint density at radius 3 is 0.809 bits per heavy atom. The molecule has 0 saturated carbocycles. The lowest BCUT2D eigenvalue weighted by atomic mass is 9.95. The molecule has 10 nitrogen and oxygen atoms in total. The first-order valence-corrected chi connectivity index (χ1v) is 23.1. The number of rotatable bonds is 12. The average molecular weight is 929 g/mol. The van der Waals surface area contributed by atoms with E-state index in [2.05, 4.69) is 98.5 Å². The van der Waals surface area contributed by atoms with Crippen LogP contribution in [0.1, 0.15) is 72.2 Å². The number of benzene rings is 7. The van der Waals surface area contributed by atoms with Gasteiger partial charge in [-0.15, -0.1) is 0 Å². The highest BCUT2D eigenvalue weighted by Crippen LogP contribution is 2.28. The second-order valence-corrected chi connectivity index (χ2v) is 13.7. The highest BCUT2D eigenvalue weighted by Gasteiger charge is 2.05. The van der Waals surface area contributed by atoms with Crippen molar-refractivity contribution in [2.45, 2.75) is 66.2 Å². The van der Waals surface area contributed by atoms with Crippen LogP contribution in [0, 0.1) is 0 Å². The maximum absolute atomic E-state index is 9.13. The summed E-state index contributed by atoms with van der Waals surface area (Å²) in [5.41, 5.74) is 38.1. The van der Waals surface area contributed by atoms with E-state index in [1.165, 1.54) is 75.7 Å². The number of para-hydroxylation sites is 2. The molecule has 0 aliphatic heterocycles. The molecule has 0 amide bonds. The van der Waals surface area contributed by atoms with E-state index in [0.717, 1.165) is 72.6 Å². The Morgan fingerprint density at radius 2 is 0.529 bits per heavy atom. The largest absolute Gasteiger partial charge is 0.508 e. The molecular weight excluding hydrogens is 845 g/mol. The predicted molar refractivity (Wildman–Crippen MR) is 292 cm³/mol. The van der Waals surface area contributed by atoms with Gasteiger partial charge in [-0.2, -0.15) is 0 Å². The minimum atomic E-state index is 0.282. The molecule has 0 aromatic heterocycles. The fourth-order valence-corrected chi connectivity index (χ4v) is 6.25. The van der Waals surface area contributed by atoms with Gasteiger partial charge in [0.15, 0.2) is 0 Å². The van der Waals surface area contributed by atoms with Crippen molar-refractivity contribution in [1.29, 1.82) is 0 Å². The molecule has 0 aliphatic rings. The number of aryl methyl sites for hydroxylation is 4. The minimum Gasteiger partial charge on any atom is -0.508 e. The molecule has 0 fully saturated rings. The third kappa shape index (κ3) is 26.6. The van der Waals surface area contributed by atoms with Crippen LogP contribution >= 0.6 is 0 Å². The van der Waals surface area contributed by atoms with Gasteiger partial charge in [0.25, 0.3) is 0 Å². The van der Waals surface area contributed by atoms with Gasteiger partial charge < -0.3 is 54.1 Å². The number of hydrogen-bond donors (Lipinski definition) is 8. The van der Waals surface area contributed by atoms with E-state index in [4.69, 9.17) is 19.7 Å². The van der Waals surface area contributed by atoms with Crippen LogP contribution in [-0.4, -0.2) is 52.5 Å². The Morgan fingerprint density at radius 1 is 0.279 bits per heavy atom. The third-order valence-electron chi connectivity index (χ3n) is 9.31. The van der Waals surface area contributed by atoms with Crippen molar-refractivity contribution in [2.24, 2.45) is 34.4 Å². The summed E-state index contributed by atoms with van der Waals surface area (Å²) in [6.45, 7) is 8.97. The summed E-state index contributed by atoms with van der Waals surface area (Å²) in [6.07, 6.45) is 6.35. The Balaban J connectivity index is 0. The molecule has 7 rings (SSSR count). The number of aromatic hydroxyl groups is 2. The maximum atomic E-state index is 9.13. The van der Waals surface area contributed by atoms with Crippen molar-refractivity contribution >= 4 is 0 Å². The summed E-state index contributed by atoms with van der Waals surface area (Å²) in [6, 6.07) is 55.5. The van der Waals surface area contributed by atoms with Crippen molar-refractivity contribution in [2.75, 3.05) is 42.3 Å². The van der Waals surface area contributed by atoms with Gasteiger partial charge in [0, 0.05) is 6.07 Å². The van der Waals surface area contributed by atoms with E-state index < -0.39 is 0 Å². The molecule has 0 aliphatic carbocycles. The zero-order valence-electron chi connectivity index (χ0n) is 42.6. The van der Waals surface area contributed by atoms with Gasteiger partial charge in [-0.25, -0.2) is 0 Å². The molecule has 10 heteroatoms. The van der Waals surface area contributed by atoms with Crippen molar-refractivity contribution in [3.8, 4) is 34.5 Å². The van der Waals surface area contributed by atoms with Gasteiger partial charge in [0.2, 0.25) is 0 Å². The van der Waals surface area contributed by atoms with Gasteiger partial charge >= 0.3 is 0 Å². The normalized spacial score (nSPS) is 9.06. The van der Waals surface area contributed by atoms with Crippen molar-refractivity contribution in [3.63, 3.8) is 0 Å². The molecule has 0 saturated heterocycles. The minimum absolute atomic E-state index is 0.282. The van der Waals surface area contributed by atoms with Crippen LogP contribution in [0.3, 0.4) is 0 Å². The molecule has 0 heterocycles. The first-order valence-electron chi connectivity index (χ1n) is 23.1. The van der Waals surface area contributed by atoms with Crippen LogP contribution in [-0.2, 0) is 38.5 Å². The number of nitrogens with two attached hydrogens (primary N) is 6. The van der Waals surface area contributed by atoms with Crippen LogP contribution in [0.15, 0.2) is 170 Å². The monoisotopic (exact) mass is 929 g/mol. The van der Waals surface area contributed by atoms with E-state index in [1.54, 1.807) is 24.3 Å². The van der Waals surface area contributed by atoms with E-state index >= 15 is 0 Å². The Bertz CT molecular complexity index is 2020. The van der Waals surface area contributed by atoms with Crippen molar-refractivity contribution in [3.05, 3.63) is 214 Å². The summed E-state index contributed by atoms with van der Waals surface area (Å²) in [4.78, 5) is 0. The fraction of sp³-hybridized carbons (Fsp3) is 0.276. The van der Waals surface area contributed by atoms with Gasteiger partial charge in [0.05, 0.1) is 0 Å². The van der Waals surface area contributed by atoms with E-state index in [-0.39, 0.29) is 11.5 Å². The smallest absolute Gasteiger partial charge is 0.131 e. The maximum Gasteiger partial charge on any atom is 0.131 e. The molecule has 370 valence electrons. The fourth-order valence-electron chi connectivity index (χ4n) is 6.25. The molecule has 14 N–H and O–H groups in total. The van der Waals surface area contributed by atoms with E-state index in [9.17, 15) is 0 Å². The molecule has 0 atom stereocenters. The van der Waals surface area contributed by atoms with Crippen molar-refractivity contribution in [1.82, 2.24) is 0 Å². The van der Waals surface area contributed by atoms with E-state index in [1.807, 2.05) is 109 Å². The van der Waals surface area contributed by atoms with Crippen LogP contribution in [0.25, 0.3) is 0 Å². The first kappa shape index (κ1) is 63.6. The number of hydrogen-bond acceptors (Lipinski definition) is 10. The highest BCUT2D eigenvalue weighted by atomic mass is 16.5. The molecule has 0 spiro atoms. The lowest BCUT2D eigenvalue weighted by Crippen LogP contribution is -1.96. The summed E-state index contributed by atoms with van der Waals surface area (Å²) in [7, 11) is 9.00. The first-order chi connectivity index (χ1) is 33.3. The van der Waals surface area contributed by atoms with Crippen LogP contribution in [0.5, 0.6) is 34.5 Å². The van der Waals surface area contributed by atoms with E-state index in [0.29, 0.717) is 0 Å². The highest BCUT2D eigenvalue weighted by molar-refractivity contribution is 5.40. The lowest BCUT2D eigenvalue weighted by molar-refractivity contribution is 0.460. The summed E-state index contributed by atoms with van der Waals surface area (Å²) in [5.74, 6) is 3.69. The van der Waals surface area contributed by atoms with Gasteiger partial charge in [0.1, 0.15) is 34.5 Å². The SMILES string of the molecule is CCc1cc(CC)cc(Cc2cc(CC)cc(CC)c2)c1.CN.CN.CN.CN.CN.CN.Oc1ccc(Cc2ccc(O)cc2)cc1.c1ccc(Oc2cccc(Oc3ccccc3)c2)cc1. The molecule has 7 aromatic carbocycles. The van der Waals surface area contributed by atoms with Gasteiger partial charge in [-0.1, -0.05) is 131 Å². The third-order valence-corrected chi connectivity index (χ3v) is 9.31. The topological polar surface area (TPSA) is 215 Å². The molecule has 0 radical (unpaired) electrons.